The molecule has 19 atom stereocenters. The number of hydrogen-bond acceptors (Lipinski definition) is 18. The molecule has 3 aliphatic heterocycles. The second-order valence-corrected chi connectivity index (χ2v) is 81.8. The average Bonchev–Trinajstić information content (AvgIpc) is 0.770. The van der Waals surface area contributed by atoms with Gasteiger partial charge in [0.15, 0.2) is 86.9 Å². The summed E-state index contributed by atoms with van der Waals surface area (Å²) in [6.45, 7) is 71.0. The number of carbonyl (C=O) groups is 2. The van der Waals surface area contributed by atoms with E-state index >= 15 is 4.79 Å². The molecule has 3 heterocycles. The molecule has 2 N–H and O–H groups in total. The zero-order chi connectivity index (χ0) is 99.2. The molecule has 18 nitrogen and oxygen atoms in total. The van der Waals surface area contributed by atoms with Crippen LogP contribution < -0.4 is 5.73 Å². The third kappa shape index (κ3) is 36.3. The van der Waals surface area contributed by atoms with Crippen LogP contribution in [0.25, 0.3) is 0 Å². The summed E-state index contributed by atoms with van der Waals surface area (Å²) >= 11 is 0. The van der Waals surface area contributed by atoms with Crippen LogP contribution in [0.1, 0.15) is 266 Å². The first-order valence-corrected chi connectivity index (χ1v) is 76.8. The van der Waals surface area contributed by atoms with Crippen molar-refractivity contribution in [3.8, 4) is 0 Å². The van der Waals surface area contributed by atoms with Crippen molar-refractivity contribution in [3.63, 3.8) is 0 Å². The SMILES string of the molecule is CC[Si](CC)(CC)O[C@@H]1CC[C@@H](O[Si](CC)(CC)CC)[C@H](O[Si](CC)(CC)CC)C[C@H](O[Si](CC)(CC)CC)C[C@]2(OC)C[C@H](O[Si](CC)(CC)CC)[C@@H](/C=C/C(=O)OC)[C@H](C[C@@H](O[C@@H]3O[C@H](C)[C@@H](O[Si](CC)(CC)CC)[C@H](N)[C@@H]3O[Si](CC)(CC)CC)/C=C/C=C/C=C/C=C/C=C/C=C/C=C/[C@H](C)[C@@H](O[Si](CC)(CC)CC)[C@@H](C)[C@H](C)OC(=O)C[C@H](O[Si](CC)(CC)CC)C1)O2. The smallest absolute Gasteiger partial charge is 0.330 e. The Morgan fingerprint density at radius 2 is 0.735 bits per heavy atom. The van der Waals surface area contributed by atoms with Gasteiger partial charge in [0.05, 0.1) is 80.6 Å². The number of cyclic esters (lactones) is 1. The van der Waals surface area contributed by atoms with E-state index in [2.05, 4.69) is 251 Å². The first-order valence-electron chi connectivity index (χ1n) is 54.0. The van der Waals surface area contributed by atoms with Gasteiger partial charge < -0.3 is 74.0 Å². The van der Waals surface area contributed by atoms with Gasteiger partial charge in [0.2, 0.25) is 0 Å². The number of allylic oxidation sites excluding steroid dienone is 12. The monoisotopic (exact) mass is 2000 g/mol. The maximum atomic E-state index is 15.5. The Bertz CT molecular complexity index is 3310. The zero-order valence-corrected chi connectivity index (χ0v) is 99.9. The van der Waals surface area contributed by atoms with E-state index in [0.717, 1.165) is 163 Å². The summed E-state index contributed by atoms with van der Waals surface area (Å²) in [5, 5.41) is 0. The molecular formula is C105H205NO17Si9. The maximum absolute atomic E-state index is 15.5. The number of esters is 2. The van der Waals surface area contributed by atoms with Crippen molar-refractivity contribution in [2.75, 3.05) is 14.2 Å². The number of nitrogens with two attached hydrogens (primary N) is 1. The number of methoxy groups -OCH3 is 2. The molecule has 3 rings (SSSR count). The Balaban J connectivity index is 2.89. The van der Waals surface area contributed by atoms with Crippen molar-refractivity contribution < 1.29 is 77.8 Å². The van der Waals surface area contributed by atoms with Crippen molar-refractivity contribution in [2.24, 2.45) is 23.5 Å². The quantitative estimate of drug-likeness (QED) is 0.0342. The Morgan fingerprint density at radius 3 is 1.14 bits per heavy atom. The highest BCUT2D eigenvalue weighted by Gasteiger charge is 2.56. The van der Waals surface area contributed by atoms with E-state index in [0.29, 0.717) is 38.5 Å². The van der Waals surface area contributed by atoms with Crippen LogP contribution in [-0.2, 0) is 77.8 Å². The molecule has 2 saturated heterocycles. The lowest BCUT2D eigenvalue weighted by molar-refractivity contribution is -0.312. The summed E-state index contributed by atoms with van der Waals surface area (Å²) in [5.41, 5.74) is 7.81. The number of ether oxygens (including phenoxy) is 6. The van der Waals surface area contributed by atoms with Gasteiger partial charge in [-0.25, -0.2) is 4.79 Å². The minimum atomic E-state index is -2.57. The molecule has 0 aromatic carbocycles. The first-order chi connectivity index (χ1) is 63.0. The molecule has 0 unspecified atom stereocenters. The Kier molecular flexibility index (Phi) is 59.0. The molecule has 768 valence electrons. The summed E-state index contributed by atoms with van der Waals surface area (Å²) in [7, 11) is -18.5. The lowest BCUT2D eigenvalue weighted by Gasteiger charge is -2.52. The van der Waals surface area contributed by atoms with Crippen molar-refractivity contribution in [3.05, 3.63) is 97.2 Å². The van der Waals surface area contributed by atoms with Gasteiger partial charge in [0, 0.05) is 50.4 Å². The zero-order valence-electron chi connectivity index (χ0n) is 90.9. The van der Waals surface area contributed by atoms with Gasteiger partial charge in [-0.05, 0) is 209 Å². The molecule has 3 aliphatic rings. The molecule has 0 radical (unpaired) electrons. The van der Waals surface area contributed by atoms with Crippen LogP contribution >= 0.6 is 0 Å². The lowest BCUT2D eigenvalue weighted by Crippen LogP contribution is -2.67. The van der Waals surface area contributed by atoms with Gasteiger partial charge in [-0.1, -0.05) is 292 Å². The fourth-order valence-electron chi connectivity index (χ4n) is 21.3. The topological polar surface area (TPSA) is 199 Å². The van der Waals surface area contributed by atoms with Gasteiger partial charge in [-0.3, -0.25) is 4.79 Å². The van der Waals surface area contributed by atoms with E-state index in [4.69, 9.17) is 74.0 Å². The first kappa shape index (κ1) is 124. The van der Waals surface area contributed by atoms with E-state index < -0.39 is 166 Å². The highest BCUT2D eigenvalue weighted by Crippen LogP contribution is 2.48. The summed E-state index contributed by atoms with van der Waals surface area (Å²) in [5.74, 6) is -2.63. The number of carbonyl (C=O) groups excluding carboxylic acids is 2. The number of hydrogen-bond donors (Lipinski definition) is 1. The summed E-state index contributed by atoms with van der Waals surface area (Å²) in [6.07, 6.45) is 29.2. The Labute approximate surface area is 820 Å². The normalized spacial score (nSPS) is 29.8. The third-order valence-corrected chi connectivity index (χ3v) is 75.6. The largest absolute Gasteiger partial charge is 0.466 e. The van der Waals surface area contributed by atoms with Crippen LogP contribution in [0.15, 0.2) is 97.2 Å². The Hall–Kier alpha value is -1.75. The highest BCUT2D eigenvalue weighted by atomic mass is 28.4. The van der Waals surface area contributed by atoms with Crippen molar-refractivity contribution in [2.45, 2.75) is 527 Å². The van der Waals surface area contributed by atoms with E-state index in [9.17, 15) is 4.79 Å². The molecule has 2 fully saturated rings. The van der Waals surface area contributed by atoms with Crippen molar-refractivity contribution >= 4 is 86.8 Å². The van der Waals surface area contributed by atoms with Crippen molar-refractivity contribution in [1.82, 2.24) is 0 Å². The van der Waals surface area contributed by atoms with Gasteiger partial charge in [0.1, 0.15) is 12.2 Å². The Morgan fingerprint density at radius 1 is 0.386 bits per heavy atom. The van der Waals surface area contributed by atoms with E-state index in [1.165, 1.54) is 7.11 Å². The van der Waals surface area contributed by atoms with E-state index in [-0.39, 0.29) is 49.0 Å². The predicted molar refractivity (Wildman–Crippen MR) is 580 cm³/mol. The minimum absolute atomic E-state index is 0.0256. The summed E-state index contributed by atoms with van der Waals surface area (Å²) in [4.78, 5) is 29.4. The second kappa shape index (κ2) is 62.6. The van der Waals surface area contributed by atoms with Gasteiger partial charge >= 0.3 is 11.9 Å². The van der Waals surface area contributed by atoms with Crippen LogP contribution in [0, 0.1) is 17.8 Å². The fourth-order valence-corrected chi connectivity index (χ4v) is 47.5. The van der Waals surface area contributed by atoms with Gasteiger partial charge in [0.25, 0.3) is 0 Å². The molecule has 27 heteroatoms. The molecule has 0 saturated carbocycles. The molecule has 0 aromatic rings. The van der Waals surface area contributed by atoms with Gasteiger partial charge in [-0.2, -0.15) is 0 Å². The van der Waals surface area contributed by atoms with Crippen LogP contribution in [0.4, 0.5) is 0 Å². The van der Waals surface area contributed by atoms with E-state index in [1.54, 1.807) is 6.08 Å². The van der Waals surface area contributed by atoms with Gasteiger partial charge in [-0.15, -0.1) is 0 Å². The lowest BCUT2D eigenvalue weighted by atomic mass is 9.82. The van der Waals surface area contributed by atoms with Crippen LogP contribution in [0.5, 0.6) is 0 Å². The third-order valence-electron chi connectivity index (χ3n) is 33.6. The van der Waals surface area contributed by atoms with Crippen LogP contribution in [-0.4, -0.2) is 198 Å². The second-order valence-electron chi connectivity index (χ2n) is 39.3. The fraction of sp³-hybridized carbons (Fsp3) is 0.829. The molecule has 132 heavy (non-hydrogen) atoms. The molecule has 0 spiro atoms. The number of rotatable bonds is 50. The standard InChI is InChI=1S/C105H205NO17Si9/c1-34-124(35-2,36-3)115-90-75-77-94(118-127(43-10,44-11)45-12)96(119-128(46-13,47-14)48-15)81-92(117-126(40-7,41-8)42-9)83-105(110-33)84-97(120-129(49-16,50-17)51-18)93(76-78-98(107)109-32)95(114-105)80-89(113-104-103(123-132(58-25,59-26)60-27)100(106)102(88(31)112-104)122-131(55-22,56-23)57-24)74-72-70-68-66-64-62-61-63-65-67-69-71-73-85(28)101(121-130(52-19,53-20)54-21)86(29)87(30)111-99(108)82-91(79-90)116-125(37-4,38-5)39-6/h61-74,76,78,85-97,100-104H,34-60,75,77,79-84,106H2,1-33H3/b62-61+,65-63+,66-64+,69-67+,70-68+,73-71+,74-72+,78-76+/t85-,86-,87-,88+,89-,90+,91+,92-,93-,94+,95-,96+,97-,100-,101+,102+,103-,104-,105+/m0/s1. The van der Waals surface area contributed by atoms with Crippen LogP contribution in [0.3, 0.4) is 0 Å². The summed E-state index contributed by atoms with van der Waals surface area (Å²) in [6, 6.07) is 24.9. The van der Waals surface area contributed by atoms with Crippen LogP contribution in [0.2, 0.25) is 163 Å². The minimum Gasteiger partial charge on any atom is -0.466 e. The predicted octanol–water partition coefficient (Wildman–Crippen LogP) is 29.3. The molecule has 2 bridgehead atoms. The molecule has 0 aliphatic carbocycles. The molecular weight excluding hydrogens is 1800 g/mol. The highest BCUT2D eigenvalue weighted by molar-refractivity contribution is 6.77. The average molecular weight is 2010 g/mol. The molecule has 0 amide bonds. The van der Waals surface area contributed by atoms with E-state index in [1.807, 2.05) is 61.8 Å². The summed E-state index contributed by atoms with van der Waals surface area (Å²) < 4.78 is 115. The van der Waals surface area contributed by atoms with Crippen molar-refractivity contribution in [1.29, 1.82) is 0 Å². The molecule has 0 aromatic heterocycles. The number of fused-ring (bicyclic) bond motifs is 2. The maximum Gasteiger partial charge on any atom is 0.330 e.